The van der Waals surface area contributed by atoms with E-state index in [-0.39, 0.29) is 12.5 Å². The van der Waals surface area contributed by atoms with Gasteiger partial charge in [0, 0.05) is 24.6 Å². The van der Waals surface area contributed by atoms with Gasteiger partial charge in [0.15, 0.2) is 5.79 Å². The van der Waals surface area contributed by atoms with Gasteiger partial charge in [0.1, 0.15) is 0 Å². The number of rotatable bonds is 5. The Kier molecular flexibility index (Phi) is 4.97. The zero-order valence-electron chi connectivity index (χ0n) is 11.7. The molecule has 108 valence electrons. The van der Waals surface area contributed by atoms with Crippen LogP contribution < -0.4 is 5.32 Å². The Morgan fingerprint density at radius 2 is 2.20 bits per heavy atom. The molecule has 1 aromatic carbocycles. The molecule has 4 heteroatoms. The third kappa shape index (κ3) is 3.69. The Bertz CT molecular complexity index is 529. The van der Waals surface area contributed by atoms with Gasteiger partial charge in [-0.05, 0) is 30.2 Å². The molecule has 0 fully saturated rings. The van der Waals surface area contributed by atoms with Crippen molar-refractivity contribution in [3.8, 4) is 0 Å². The van der Waals surface area contributed by atoms with E-state index in [4.69, 9.17) is 16.3 Å². The summed E-state index contributed by atoms with van der Waals surface area (Å²) < 4.78 is 19.6. The second-order valence-electron chi connectivity index (χ2n) is 5.04. The van der Waals surface area contributed by atoms with Crippen molar-refractivity contribution in [2.45, 2.75) is 25.2 Å². The van der Waals surface area contributed by atoms with E-state index in [1.165, 1.54) is 0 Å². The third-order valence-electron chi connectivity index (χ3n) is 3.23. The average molecular weight is 296 g/mol. The fourth-order valence-corrected chi connectivity index (χ4v) is 2.56. The maximum atomic E-state index is 14.6. The van der Waals surface area contributed by atoms with Gasteiger partial charge >= 0.3 is 0 Å². The Labute approximate surface area is 124 Å². The lowest BCUT2D eigenvalue weighted by atomic mass is 9.95. The van der Waals surface area contributed by atoms with Crippen molar-refractivity contribution in [1.82, 2.24) is 5.32 Å². The smallest absolute Gasteiger partial charge is 0.184 e. The standard InChI is InChI=1S/C16H19ClFNO/c1-12(11-20-2)19-16(18)9-7-13(8-10-16)14-5-3-4-6-15(14)17/h3-9,12,19H,10-11H2,1-2H3. The van der Waals surface area contributed by atoms with Crippen LogP contribution in [-0.2, 0) is 4.74 Å². The highest BCUT2D eigenvalue weighted by atomic mass is 35.5. The van der Waals surface area contributed by atoms with Gasteiger partial charge < -0.3 is 4.74 Å². The molecule has 2 rings (SSSR count). The third-order valence-corrected chi connectivity index (χ3v) is 3.56. The molecule has 0 saturated carbocycles. The summed E-state index contributed by atoms with van der Waals surface area (Å²) in [4.78, 5) is 0. The van der Waals surface area contributed by atoms with Gasteiger partial charge in [0.05, 0.1) is 6.61 Å². The summed E-state index contributed by atoms with van der Waals surface area (Å²) >= 11 is 6.15. The maximum Gasteiger partial charge on any atom is 0.184 e. The van der Waals surface area contributed by atoms with Crippen LogP contribution in [0.25, 0.3) is 5.57 Å². The molecule has 1 aliphatic rings. The lowest BCUT2D eigenvalue weighted by molar-refractivity contribution is 0.111. The summed E-state index contributed by atoms with van der Waals surface area (Å²) in [6, 6.07) is 7.52. The van der Waals surface area contributed by atoms with Crippen LogP contribution in [0.15, 0.2) is 42.5 Å². The van der Waals surface area contributed by atoms with Crippen LogP contribution >= 0.6 is 11.6 Å². The first-order valence-corrected chi connectivity index (χ1v) is 7.02. The van der Waals surface area contributed by atoms with Crippen LogP contribution in [0.2, 0.25) is 5.02 Å². The fourth-order valence-electron chi connectivity index (χ4n) is 2.32. The van der Waals surface area contributed by atoms with Crippen molar-refractivity contribution in [3.05, 3.63) is 53.1 Å². The average Bonchev–Trinajstić information content (AvgIpc) is 2.40. The minimum Gasteiger partial charge on any atom is -0.383 e. The molecule has 1 N–H and O–H groups in total. The number of ether oxygens (including phenoxy) is 1. The Morgan fingerprint density at radius 3 is 2.80 bits per heavy atom. The van der Waals surface area contributed by atoms with Gasteiger partial charge in [0.25, 0.3) is 0 Å². The molecule has 1 aromatic rings. The Morgan fingerprint density at radius 1 is 1.45 bits per heavy atom. The van der Waals surface area contributed by atoms with E-state index in [0.717, 1.165) is 11.1 Å². The predicted molar refractivity (Wildman–Crippen MR) is 81.5 cm³/mol. The molecule has 0 radical (unpaired) electrons. The first-order chi connectivity index (χ1) is 9.54. The highest BCUT2D eigenvalue weighted by Gasteiger charge is 2.29. The van der Waals surface area contributed by atoms with E-state index in [1.54, 1.807) is 19.3 Å². The Balaban J connectivity index is 2.08. The minimum absolute atomic E-state index is 0.0510. The number of halogens is 2. The van der Waals surface area contributed by atoms with Crippen molar-refractivity contribution in [2.75, 3.05) is 13.7 Å². The summed E-state index contributed by atoms with van der Waals surface area (Å²) in [5, 5.41) is 3.60. The second-order valence-corrected chi connectivity index (χ2v) is 5.45. The van der Waals surface area contributed by atoms with Crippen molar-refractivity contribution < 1.29 is 9.13 Å². The highest BCUT2D eigenvalue weighted by Crippen LogP contribution is 2.31. The number of allylic oxidation sites excluding steroid dienone is 2. The summed E-state index contributed by atoms with van der Waals surface area (Å²) in [6.45, 7) is 2.37. The molecule has 20 heavy (non-hydrogen) atoms. The van der Waals surface area contributed by atoms with E-state index in [1.807, 2.05) is 37.3 Å². The summed E-state index contributed by atoms with van der Waals surface area (Å²) in [6.07, 6.45) is 5.47. The molecule has 0 heterocycles. The van der Waals surface area contributed by atoms with Crippen molar-refractivity contribution in [1.29, 1.82) is 0 Å². The van der Waals surface area contributed by atoms with Crippen LogP contribution in [0.3, 0.4) is 0 Å². The predicted octanol–water partition coefficient (Wildman–Crippen LogP) is 3.97. The van der Waals surface area contributed by atoms with Crippen molar-refractivity contribution in [2.24, 2.45) is 0 Å². The van der Waals surface area contributed by atoms with E-state index >= 15 is 0 Å². The van der Waals surface area contributed by atoms with Gasteiger partial charge in [-0.25, -0.2) is 4.39 Å². The molecule has 2 unspecified atom stereocenters. The number of hydrogen-bond donors (Lipinski definition) is 1. The largest absolute Gasteiger partial charge is 0.383 e. The highest BCUT2D eigenvalue weighted by molar-refractivity contribution is 6.32. The molecule has 0 spiro atoms. The van der Waals surface area contributed by atoms with E-state index < -0.39 is 5.79 Å². The van der Waals surface area contributed by atoms with Crippen LogP contribution in [0.4, 0.5) is 4.39 Å². The minimum atomic E-state index is -1.53. The first kappa shape index (κ1) is 15.2. The van der Waals surface area contributed by atoms with Crippen molar-refractivity contribution in [3.63, 3.8) is 0 Å². The molecule has 0 saturated heterocycles. The summed E-state index contributed by atoms with van der Waals surface area (Å²) in [5.74, 6) is -1.53. The number of benzene rings is 1. The molecule has 0 aliphatic heterocycles. The topological polar surface area (TPSA) is 21.3 Å². The molecule has 0 amide bonds. The van der Waals surface area contributed by atoms with Crippen LogP contribution in [0, 0.1) is 0 Å². The van der Waals surface area contributed by atoms with E-state index in [0.29, 0.717) is 11.6 Å². The van der Waals surface area contributed by atoms with Crippen molar-refractivity contribution >= 4 is 17.2 Å². The first-order valence-electron chi connectivity index (χ1n) is 6.64. The maximum absolute atomic E-state index is 14.6. The molecule has 0 bridgehead atoms. The van der Waals surface area contributed by atoms with Crippen LogP contribution in [0.1, 0.15) is 18.9 Å². The molecule has 1 aliphatic carbocycles. The fraction of sp³-hybridized carbons (Fsp3) is 0.375. The van der Waals surface area contributed by atoms with Gasteiger partial charge in [-0.2, -0.15) is 0 Å². The quantitative estimate of drug-likeness (QED) is 0.830. The molecule has 2 nitrogen and oxygen atoms in total. The SMILES string of the molecule is COCC(C)NC1(F)C=CC(c2ccccc2Cl)=CC1. The molecule has 2 atom stereocenters. The van der Waals surface area contributed by atoms with Gasteiger partial charge in [-0.1, -0.05) is 42.0 Å². The van der Waals surface area contributed by atoms with Gasteiger partial charge in [0.2, 0.25) is 0 Å². The number of hydrogen-bond acceptors (Lipinski definition) is 2. The summed E-state index contributed by atoms with van der Waals surface area (Å²) in [7, 11) is 1.61. The second kappa shape index (κ2) is 6.53. The summed E-state index contributed by atoms with van der Waals surface area (Å²) in [5.41, 5.74) is 1.88. The van der Waals surface area contributed by atoms with Gasteiger partial charge in [-0.15, -0.1) is 0 Å². The number of methoxy groups -OCH3 is 1. The van der Waals surface area contributed by atoms with E-state index in [2.05, 4.69) is 5.32 Å². The zero-order chi connectivity index (χ0) is 14.6. The number of alkyl halides is 1. The van der Waals surface area contributed by atoms with E-state index in [9.17, 15) is 4.39 Å². The van der Waals surface area contributed by atoms with Crippen LogP contribution in [-0.4, -0.2) is 25.6 Å². The molecular formula is C16H19ClFNO. The number of nitrogens with one attached hydrogen (secondary N) is 1. The monoisotopic (exact) mass is 295 g/mol. The molecule has 0 aromatic heterocycles. The zero-order valence-corrected chi connectivity index (χ0v) is 12.5. The lowest BCUT2D eigenvalue weighted by Gasteiger charge is -2.28. The van der Waals surface area contributed by atoms with Crippen LogP contribution in [0.5, 0.6) is 0 Å². The lowest BCUT2D eigenvalue weighted by Crippen LogP contribution is -2.46. The normalized spacial score (nSPS) is 23.5. The molecular weight excluding hydrogens is 277 g/mol. The Hall–Kier alpha value is -1.16. The van der Waals surface area contributed by atoms with Gasteiger partial charge in [-0.3, -0.25) is 5.32 Å².